The van der Waals surface area contributed by atoms with Crippen molar-refractivity contribution in [1.29, 1.82) is 0 Å². The van der Waals surface area contributed by atoms with Crippen LogP contribution in [-0.4, -0.2) is 39.3 Å². The molecule has 1 fully saturated rings. The van der Waals surface area contributed by atoms with E-state index in [4.69, 9.17) is 0 Å². The van der Waals surface area contributed by atoms with Crippen molar-refractivity contribution in [3.8, 4) is 5.69 Å². The summed E-state index contributed by atoms with van der Waals surface area (Å²) in [6.45, 7) is 3.43. The van der Waals surface area contributed by atoms with Crippen molar-refractivity contribution < 1.29 is 0 Å². The minimum atomic E-state index is 0.648. The second-order valence-corrected chi connectivity index (χ2v) is 8.84. The van der Waals surface area contributed by atoms with Gasteiger partial charge in [-0.2, -0.15) is 5.10 Å². The van der Waals surface area contributed by atoms with E-state index in [1.54, 1.807) is 0 Å². The first kappa shape index (κ1) is 18.6. The molecule has 5 heteroatoms. The van der Waals surface area contributed by atoms with Gasteiger partial charge in [0, 0.05) is 34.3 Å². The van der Waals surface area contributed by atoms with E-state index in [2.05, 4.69) is 73.6 Å². The van der Waals surface area contributed by atoms with Gasteiger partial charge in [0.1, 0.15) is 0 Å². The molecule has 2 aromatic heterocycles. The van der Waals surface area contributed by atoms with Crippen LogP contribution in [0.5, 0.6) is 0 Å². The molecule has 0 aliphatic carbocycles. The van der Waals surface area contributed by atoms with E-state index >= 15 is 0 Å². The van der Waals surface area contributed by atoms with E-state index in [0.717, 1.165) is 36.2 Å². The minimum absolute atomic E-state index is 0.648. The Morgan fingerprint density at radius 3 is 2.72 bits per heavy atom. The maximum Gasteiger partial charge on any atom is 0.0645 e. The number of fused-ring (bicyclic) bond motifs is 1. The molecule has 1 aliphatic heterocycles. The number of benzene rings is 2. The maximum atomic E-state index is 4.52. The standard InChI is InChI=1S/C24H25BrN4/c25-20-6-7-24-22(14-20)23(16-26-24)19-9-12-28(13-10-19)11-8-18-15-27-29(17-18)21-4-2-1-3-5-21/h1-7,14-17,19,26H,8-13H2. The Morgan fingerprint density at radius 1 is 1.07 bits per heavy atom. The summed E-state index contributed by atoms with van der Waals surface area (Å²) in [5, 5.41) is 5.89. The van der Waals surface area contributed by atoms with Crippen molar-refractivity contribution in [2.75, 3.05) is 19.6 Å². The van der Waals surface area contributed by atoms with Gasteiger partial charge in [0.25, 0.3) is 0 Å². The Bertz CT molecular complexity index is 1090. The smallest absolute Gasteiger partial charge is 0.0645 e. The van der Waals surface area contributed by atoms with Crippen molar-refractivity contribution in [3.63, 3.8) is 0 Å². The molecule has 4 nitrogen and oxygen atoms in total. The second kappa shape index (κ2) is 8.17. The SMILES string of the molecule is Brc1ccc2[nH]cc(C3CCN(CCc4cnn(-c5ccccc5)c4)CC3)c2c1. The molecule has 0 bridgehead atoms. The Hall–Kier alpha value is -2.37. The van der Waals surface area contributed by atoms with Crippen LogP contribution in [0.3, 0.4) is 0 Å². The highest BCUT2D eigenvalue weighted by atomic mass is 79.9. The summed E-state index contributed by atoms with van der Waals surface area (Å²) < 4.78 is 3.12. The molecule has 148 valence electrons. The van der Waals surface area contributed by atoms with Gasteiger partial charge in [0.05, 0.1) is 11.9 Å². The van der Waals surface area contributed by atoms with E-state index in [9.17, 15) is 0 Å². The van der Waals surface area contributed by atoms with Gasteiger partial charge < -0.3 is 9.88 Å². The number of likely N-dealkylation sites (tertiary alicyclic amines) is 1. The van der Waals surface area contributed by atoms with E-state index in [1.807, 2.05) is 29.1 Å². The Labute approximate surface area is 179 Å². The molecule has 3 heterocycles. The van der Waals surface area contributed by atoms with E-state index in [-0.39, 0.29) is 0 Å². The van der Waals surface area contributed by atoms with Crippen molar-refractivity contribution in [1.82, 2.24) is 19.7 Å². The zero-order valence-electron chi connectivity index (χ0n) is 16.4. The van der Waals surface area contributed by atoms with Crippen LogP contribution >= 0.6 is 15.9 Å². The number of aromatic amines is 1. The van der Waals surface area contributed by atoms with Gasteiger partial charge in [-0.25, -0.2) is 4.68 Å². The van der Waals surface area contributed by atoms with Crippen LogP contribution in [0.1, 0.15) is 29.9 Å². The molecule has 0 saturated carbocycles. The number of hydrogen-bond donors (Lipinski definition) is 1. The first-order valence-corrected chi connectivity index (χ1v) is 11.1. The number of rotatable bonds is 5. The van der Waals surface area contributed by atoms with Crippen LogP contribution in [-0.2, 0) is 6.42 Å². The van der Waals surface area contributed by atoms with E-state index in [1.165, 1.54) is 34.9 Å². The lowest BCUT2D eigenvalue weighted by Crippen LogP contribution is -2.34. The fraction of sp³-hybridized carbons (Fsp3) is 0.292. The molecule has 0 unspecified atom stereocenters. The first-order valence-electron chi connectivity index (χ1n) is 10.3. The number of aromatic nitrogens is 3. The van der Waals surface area contributed by atoms with Gasteiger partial charge in [0.15, 0.2) is 0 Å². The lowest BCUT2D eigenvalue weighted by atomic mass is 9.89. The third-order valence-corrected chi connectivity index (χ3v) is 6.57. The summed E-state index contributed by atoms with van der Waals surface area (Å²) in [4.78, 5) is 6.04. The number of nitrogens with one attached hydrogen (secondary N) is 1. The molecule has 1 N–H and O–H groups in total. The van der Waals surface area contributed by atoms with Crippen molar-refractivity contribution in [3.05, 3.63) is 82.7 Å². The second-order valence-electron chi connectivity index (χ2n) is 7.93. The lowest BCUT2D eigenvalue weighted by Gasteiger charge is -2.31. The van der Waals surface area contributed by atoms with Crippen LogP contribution < -0.4 is 0 Å². The number of para-hydroxylation sites is 1. The summed E-state index contributed by atoms with van der Waals surface area (Å²) in [7, 11) is 0. The summed E-state index contributed by atoms with van der Waals surface area (Å²) in [5.41, 5.74) is 5.13. The monoisotopic (exact) mass is 448 g/mol. The van der Waals surface area contributed by atoms with Gasteiger partial charge in [-0.3, -0.25) is 0 Å². The van der Waals surface area contributed by atoms with Crippen molar-refractivity contribution >= 4 is 26.8 Å². The fourth-order valence-electron chi connectivity index (χ4n) is 4.42. The molecule has 1 saturated heterocycles. The summed E-state index contributed by atoms with van der Waals surface area (Å²) >= 11 is 3.62. The summed E-state index contributed by atoms with van der Waals surface area (Å²) in [5.74, 6) is 0.648. The van der Waals surface area contributed by atoms with E-state index in [0.29, 0.717) is 5.92 Å². The molecule has 4 aromatic rings. The van der Waals surface area contributed by atoms with E-state index < -0.39 is 0 Å². The van der Waals surface area contributed by atoms with Gasteiger partial charge in [0.2, 0.25) is 0 Å². The average molecular weight is 449 g/mol. The van der Waals surface area contributed by atoms with Gasteiger partial charge >= 0.3 is 0 Å². The van der Waals surface area contributed by atoms with Gasteiger partial charge in [-0.1, -0.05) is 34.1 Å². The highest BCUT2D eigenvalue weighted by molar-refractivity contribution is 9.10. The zero-order chi connectivity index (χ0) is 19.6. The van der Waals surface area contributed by atoms with Crippen LogP contribution in [0.4, 0.5) is 0 Å². The Kier molecular flexibility index (Phi) is 5.25. The molecule has 0 atom stereocenters. The summed E-state index contributed by atoms with van der Waals surface area (Å²) in [6.07, 6.45) is 9.88. The Balaban J connectivity index is 1.17. The predicted octanol–water partition coefficient (Wildman–Crippen LogP) is 5.54. The zero-order valence-corrected chi connectivity index (χ0v) is 18.0. The molecular weight excluding hydrogens is 424 g/mol. The van der Waals surface area contributed by atoms with Crippen LogP contribution in [0, 0.1) is 0 Å². The van der Waals surface area contributed by atoms with Gasteiger partial charge in [-0.15, -0.1) is 0 Å². The molecule has 0 amide bonds. The average Bonchev–Trinajstić information content (AvgIpc) is 3.40. The highest BCUT2D eigenvalue weighted by Gasteiger charge is 2.22. The molecule has 0 radical (unpaired) electrons. The molecule has 1 aliphatic rings. The highest BCUT2D eigenvalue weighted by Crippen LogP contribution is 2.34. The van der Waals surface area contributed by atoms with Crippen LogP contribution in [0.2, 0.25) is 0 Å². The minimum Gasteiger partial charge on any atom is -0.361 e. The first-order chi connectivity index (χ1) is 14.3. The normalized spacial score (nSPS) is 15.9. The predicted molar refractivity (Wildman–Crippen MR) is 122 cm³/mol. The quantitative estimate of drug-likeness (QED) is 0.435. The molecule has 29 heavy (non-hydrogen) atoms. The largest absolute Gasteiger partial charge is 0.361 e. The van der Waals surface area contributed by atoms with Crippen molar-refractivity contribution in [2.45, 2.75) is 25.2 Å². The topological polar surface area (TPSA) is 36.9 Å². The lowest BCUT2D eigenvalue weighted by molar-refractivity contribution is 0.215. The molecular formula is C24H25BrN4. The molecule has 5 rings (SSSR count). The Morgan fingerprint density at radius 2 is 1.90 bits per heavy atom. The molecule has 2 aromatic carbocycles. The third kappa shape index (κ3) is 4.02. The van der Waals surface area contributed by atoms with Crippen LogP contribution in [0.25, 0.3) is 16.6 Å². The number of nitrogens with zero attached hydrogens (tertiary/aromatic N) is 3. The van der Waals surface area contributed by atoms with Gasteiger partial charge in [-0.05, 0) is 79.7 Å². The fourth-order valence-corrected chi connectivity index (χ4v) is 4.78. The summed E-state index contributed by atoms with van der Waals surface area (Å²) in [6, 6.07) is 16.8. The number of H-pyrrole nitrogens is 1. The number of piperidine rings is 1. The van der Waals surface area contributed by atoms with Crippen LogP contribution in [0.15, 0.2) is 71.6 Å². The maximum absolute atomic E-state index is 4.52. The molecule has 0 spiro atoms. The number of hydrogen-bond acceptors (Lipinski definition) is 2. The van der Waals surface area contributed by atoms with Crippen molar-refractivity contribution in [2.24, 2.45) is 0 Å². The number of halogens is 1. The third-order valence-electron chi connectivity index (χ3n) is 6.08.